The Morgan fingerprint density at radius 2 is 0.440 bits per heavy atom. The maximum atomic E-state index is 8.63. The van der Waals surface area contributed by atoms with E-state index < -0.39 is 49.1 Å². The molecule has 0 spiro atoms. The van der Waals surface area contributed by atoms with Gasteiger partial charge in [-0.2, -0.15) is 15.6 Å². The van der Waals surface area contributed by atoms with Crippen LogP contribution in [-0.4, -0.2) is 0 Å². The van der Waals surface area contributed by atoms with Gasteiger partial charge in [0.1, 0.15) is 0 Å². The van der Waals surface area contributed by atoms with Crippen LogP contribution in [0.2, 0.25) is 0 Å². The zero-order valence-electron chi connectivity index (χ0n) is 11.8. The Bertz CT molecular complexity index is 442. The van der Waals surface area contributed by atoms with Crippen molar-refractivity contribution < 1.29 is 198 Å². The third-order valence-corrected chi connectivity index (χ3v) is 0. The van der Waals surface area contributed by atoms with Crippen LogP contribution in [0.25, 0.3) is 0 Å². The molecular weight excluding hydrogens is 837 g/mol. The number of phosphoric acid groups is 2. The summed E-state index contributed by atoms with van der Waals surface area (Å²) in [5.41, 5.74) is 0. The molecule has 0 rings (SSSR count). The Morgan fingerprint density at radius 3 is 0.440 bits per heavy atom. The monoisotopic (exact) mass is 833 g/mol. The van der Waals surface area contributed by atoms with Gasteiger partial charge in [-0.15, -0.1) is 0 Å². The average molecular weight is 837 g/mol. The number of hydrogen-bond donors (Lipinski definition) is 0. The molecule has 0 fully saturated rings. The standard InChI is InChI=1S/2Mo.2H3O4P.8O.5Zn/c;;2*1-5(2,3)4;;;;;;;;;;;;;/h;;2*(H3,1,2,3,4);;;;;;;;;;;;;/q;;;;;;;;4*-1;5*+2/p-6. The molecule has 25 heteroatoms. The van der Waals surface area contributed by atoms with Crippen LogP contribution >= 0.6 is 15.6 Å². The van der Waals surface area contributed by atoms with Gasteiger partial charge in [-0.05, 0) is 0 Å². The number of hydrogen-bond acceptors (Lipinski definition) is 16. The van der Waals surface area contributed by atoms with E-state index in [0.717, 1.165) is 0 Å². The molecule has 0 saturated heterocycles. The van der Waals surface area contributed by atoms with Gasteiger partial charge in [-0.1, -0.05) is 0 Å². The van der Waals surface area contributed by atoms with Gasteiger partial charge in [0.05, 0.1) is 0 Å². The van der Waals surface area contributed by atoms with Crippen molar-refractivity contribution in [2.24, 2.45) is 0 Å². The SMILES string of the molecule is O=P([O-])([O-])[O-].O=P([O-])([O-])[O-].[O]=[Mo](=[O])([O-])[O-].[O]=[Mo](=[O])([O-])[O-].[Zn+2].[Zn+2].[Zn+2].[Zn+2].[Zn+2]. The van der Waals surface area contributed by atoms with Gasteiger partial charge in [0.25, 0.3) is 0 Å². The summed E-state index contributed by atoms with van der Waals surface area (Å²) in [5.74, 6) is 0. The van der Waals surface area contributed by atoms with Crippen LogP contribution in [0.3, 0.4) is 0 Å². The van der Waals surface area contributed by atoms with Crippen molar-refractivity contribution in [1.29, 1.82) is 0 Å². The van der Waals surface area contributed by atoms with E-state index in [0.29, 0.717) is 0 Å². The quantitative estimate of drug-likeness (QED) is 0.161. The van der Waals surface area contributed by atoms with Crippen molar-refractivity contribution in [3.63, 3.8) is 0 Å². The molecule has 25 heavy (non-hydrogen) atoms. The molecule has 0 aromatic rings. The minimum Gasteiger partial charge on any atom is 2.00 e. The molecular formula is Mo2O16P2Zn5. The Balaban J connectivity index is -0.0000000183. The Labute approximate surface area is 210 Å². The molecule has 0 radical (unpaired) electrons. The van der Waals surface area contributed by atoms with Crippen LogP contribution in [-0.2, 0) is 154 Å². The van der Waals surface area contributed by atoms with Crippen LogP contribution in [0.1, 0.15) is 0 Å². The van der Waals surface area contributed by atoms with Gasteiger partial charge in [-0.25, -0.2) is 0 Å². The molecule has 128 valence electrons. The second-order valence-corrected chi connectivity index (χ2v) is 7.51. The summed E-state index contributed by atoms with van der Waals surface area (Å²) in [6.07, 6.45) is 0. The van der Waals surface area contributed by atoms with Crippen molar-refractivity contribution in [1.82, 2.24) is 0 Å². The van der Waals surface area contributed by atoms with Gasteiger partial charge in [-0.3, -0.25) is 0 Å². The first-order chi connectivity index (χ1) is 8.00. The maximum absolute atomic E-state index is 8.63. The van der Waals surface area contributed by atoms with Crippen molar-refractivity contribution >= 4 is 15.6 Å². The fourth-order valence-electron chi connectivity index (χ4n) is 0. The zero-order chi connectivity index (χ0) is 18.0. The molecule has 0 saturated carbocycles. The predicted molar refractivity (Wildman–Crippen MR) is 18.0 cm³/mol. The smallest absolute Gasteiger partial charge is 2.00 e. The van der Waals surface area contributed by atoms with E-state index in [4.69, 9.17) is 67.1 Å². The summed E-state index contributed by atoms with van der Waals surface area (Å²) in [6.45, 7) is 0. The zero-order valence-corrected chi connectivity index (χ0v) is 32.4. The van der Waals surface area contributed by atoms with E-state index in [1.807, 2.05) is 0 Å². The van der Waals surface area contributed by atoms with Crippen LogP contribution < -0.4 is 44.4 Å². The summed E-state index contributed by atoms with van der Waals surface area (Å²) >= 11 is -12.0. The molecule has 0 aliphatic carbocycles. The first-order valence-electron chi connectivity index (χ1n) is 2.79. The maximum Gasteiger partial charge on any atom is 2.00 e. The molecule has 0 N–H and O–H groups in total. The van der Waals surface area contributed by atoms with Crippen molar-refractivity contribution in [2.45, 2.75) is 0 Å². The Morgan fingerprint density at radius 1 is 0.440 bits per heavy atom. The fraction of sp³-hybridized carbons (Fsp3) is 0. The number of rotatable bonds is 0. The molecule has 0 aromatic carbocycles. The van der Waals surface area contributed by atoms with E-state index in [9.17, 15) is 0 Å². The molecule has 0 aromatic heterocycles. The molecule has 0 unspecified atom stereocenters. The summed E-state index contributed by atoms with van der Waals surface area (Å²) in [4.78, 5) is 51.3. The Hall–Kier alpha value is 3.75. The van der Waals surface area contributed by atoms with Crippen LogP contribution in [0, 0.1) is 0 Å². The second-order valence-electron chi connectivity index (χ2n) is 1.71. The van der Waals surface area contributed by atoms with E-state index in [-0.39, 0.29) is 97.4 Å². The second kappa shape index (κ2) is 25.8. The van der Waals surface area contributed by atoms with E-state index in [1.54, 1.807) is 0 Å². The molecule has 0 bridgehead atoms. The third-order valence-electron chi connectivity index (χ3n) is 0. The van der Waals surface area contributed by atoms with Crippen LogP contribution in [0.4, 0.5) is 0 Å². The molecule has 0 atom stereocenters. The third kappa shape index (κ3) is 1310. The van der Waals surface area contributed by atoms with E-state index >= 15 is 0 Å². The predicted octanol–water partition coefficient (Wildman–Crippen LogP) is -10.9. The topological polar surface area (TPSA) is 333 Å². The van der Waals surface area contributed by atoms with Crippen LogP contribution in [0.5, 0.6) is 0 Å². The van der Waals surface area contributed by atoms with E-state index in [1.165, 1.54) is 0 Å². The first-order valence-corrected chi connectivity index (χ1v) is 12.3. The summed E-state index contributed by atoms with van der Waals surface area (Å²) in [6, 6.07) is 0. The molecule has 16 nitrogen and oxygen atoms in total. The largest absolute Gasteiger partial charge is 2.00 e. The normalized spacial score (nSPS) is 9.36. The van der Waals surface area contributed by atoms with E-state index in [2.05, 4.69) is 0 Å². The van der Waals surface area contributed by atoms with Gasteiger partial charge in [0.15, 0.2) is 0 Å². The van der Waals surface area contributed by atoms with Gasteiger partial charge < -0.3 is 38.5 Å². The van der Waals surface area contributed by atoms with Crippen LogP contribution in [0.15, 0.2) is 0 Å². The summed E-state index contributed by atoms with van der Waals surface area (Å²) < 4.78 is 86.1. The summed E-state index contributed by atoms with van der Waals surface area (Å²) in [7, 11) is -10.8. The molecule has 0 aliphatic heterocycles. The average Bonchev–Trinajstić information content (AvgIpc) is 1.62. The van der Waals surface area contributed by atoms with Crippen molar-refractivity contribution in [2.75, 3.05) is 0 Å². The van der Waals surface area contributed by atoms with Gasteiger partial charge in [0.2, 0.25) is 0 Å². The fourth-order valence-corrected chi connectivity index (χ4v) is 0. The summed E-state index contributed by atoms with van der Waals surface area (Å²) in [5, 5.41) is 0. The first kappa shape index (κ1) is 56.8. The minimum atomic E-state index is -6.02. The molecule has 0 heterocycles. The minimum absolute atomic E-state index is 0. The Kier molecular flexibility index (Phi) is 58.6. The van der Waals surface area contributed by atoms with Gasteiger partial charge in [0, 0.05) is 0 Å². The van der Waals surface area contributed by atoms with Gasteiger partial charge >= 0.3 is 160 Å². The molecule has 0 aliphatic rings. The molecule has 0 amide bonds. The van der Waals surface area contributed by atoms with Crippen molar-refractivity contribution in [3.8, 4) is 0 Å². The van der Waals surface area contributed by atoms with Crippen molar-refractivity contribution in [3.05, 3.63) is 0 Å².